The Morgan fingerprint density at radius 3 is 2.50 bits per heavy atom. The number of rotatable bonds is 3. The highest BCUT2D eigenvalue weighted by molar-refractivity contribution is 7.18. The van der Waals surface area contributed by atoms with Crippen molar-refractivity contribution in [2.24, 2.45) is 0 Å². The zero-order valence-corrected chi connectivity index (χ0v) is 14.2. The van der Waals surface area contributed by atoms with Crippen molar-refractivity contribution < 1.29 is 4.74 Å². The molecule has 0 saturated carbocycles. The summed E-state index contributed by atoms with van der Waals surface area (Å²) in [5, 5.41) is 1.31. The number of aryl methyl sites for hydroxylation is 1. The van der Waals surface area contributed by atoms with E-state index in [2.05, 4.69) is 65.8 Å². The first-order chi connectivity index (χ1) is 9.31. The van der Waals surface area contributed by atoms with Crippen molar-refractivity contribution in [2.75, 3.05) is 0 Å². The maximum absolute atomic E-state index is 5.93. The number of benzene rings is 1. The van der Waals surface area contributed by atoms with Crippen molar-refractivity contribution in [2.45, 2.75) is 59.5 Å². The molecule has 108 valence electrons. The molecule has 1 heterocycles. The third-order valence-electron chi connectivity index (χ3n) is 3.59. The van der Waals surface area contributed by atoms with E-state index in [-0.39, 0.29) is 11.5 Å². The van der Waals surface area contributed by atoms with Gasteiger partial charge in [0.2, 0.25) is 20.9 Å². The molecule has 1 aromatic carbocycles. The largest absolute Gasteiger partial charge is 0.491 e. The Hall–Kier alpha value is -1.15. The Bertz CT molecular complexity index is 611. The molecule has 0 spiro atoms. The maximum atomic E-state index is 5.93. The first-order valence-electron chi connectivity index (χ1n) is 7.36. The van der Waals surface area contributed by atoms with E-state index in [0.29, 0.717) is 0 Å². The lowest BCUT2D eigenvalue weighted by atomic mass is 9.93. The van der Waals surface area contributed by atoms with Gasteiger partial charge in [-0.25, -0.2) is 0 Å². The zero-order chi connectivity index (χ0) is 14.9. The van der Waals surface area contributed by atoms with Gasteiger partial charge < -0.3 is 4.74 Å². The Kier molecular flexibility index (Phi) is 4.33. The van der Waals surface area contributed by atoms with Gasteiger partial charge in [0.15, 0.2) is 0 Å². The summed E-state index contributed by atoms with van der Waals surface area (Å²) < 4.78 is 7.27. The lowest BCUT2D eigenvalue weighted by Gasteiger charge is -2.14. The summed E-state index contributed by atoms with van der Waals surface area (Å²) in [5.74, 6) is 0.977. The maximum Gasteiger partial charge on any atom is 0.238 e. The SMILES string of the molecule is CCC(C)Oc1ccc2[s+]c(C(C)(C)C)cc(C)c2c1. The fraction of sp³-hybridized carbons (Fsp3) is 0.500. The van der Waals surface area contributed by atoms with Gasteiger partial charge in [-0.2, -0.15) is 0 Å². The molecule has 1 unspecified atom stereocenters. The molecule has 2 aromatic rings. The van der Waals surface area contributed by atoms with Crippen LogP contribution in [0.4, 0.5) is 0 Å². The smallest absolute Gasteiger partial charge is 0.238 e. The molecule has 2 heteroatoms. The number of ether oxygens (including phenoxy) is 1. The van der Waals surface area contributed by atoms with E-state index in [0.717, 1.165) is 12.2 Å². The fourth-order valence-corrected chi connectivity index (χ4v) is 3.33. The first-order valence-corrected chi connectivity index (χ1v) is 8.17. The molecule has 1 nitrogen and oxygen atoms in total. The molecule has 2 rings (SSSR count). The molecule has 0 bridgehead atoms. The van der Waals surface area contributed by atoms with E-state index in [9.17, 15) is 0 Å². The number of hydrogen-bond acceptors (Lipinski definition) is 1. The Morgan fingerprint density at radius 2 is 1.90 bits per heavy atom. The lowest BCUT2D eigenvalue weighted by molar-refractivity contribution is 0.218. The molecule has 0 aliphatic rings. The summed E-state index contributed by atoms with van der Waals surface area (Å²) in [6.07, 6.45) is 1.30. The van der Waals surface area contributed by atoms with Crippen LogP contribution in [-0.4, -0.2) is 6.10 Å². The number of fused-ring (bicyclic) bond motifs is 1. The van der Waals surface area contributed by atoms with Gasteiger partial charge >= 0.3 is 0 Å². The second kappa shape index (κ2) is 5.69. The van der Waals surface area contributed by atoms with Crippen molar-refractivity contribution in [1.82, 2.24) is 0 Å². The molecule has 0 saturated heterocycles. The van der Waals surface area contributed by atoms with Crippen LogP contribution in [0, 0.1) is 6.92 Å². The number of hydrogen-bond donors (Lipinski definition) is 0. The van der Waals surface area contributed by atoms with Crippen molar-refractivity contribution in [1.29, 1.82) is 0 Å². The molecular weight excluding hydrogens is 264 g/mol. The topological polar surface area (TPSA) is 9.23 Å². The van der Waals surface area contributed by atoms with Gasteiger partial charge in [0.05, 0.1) is 6.10 Å². The highest BCUT2D eigenvalue weighted by Gasteiger charge is 2.26. The van der Waals surface area contributed by atoms with Crippen molar-refractivity contribution in [3.63, 3.8) is 0 Å². The summed E-state index contributed by atoms with van der Waals surface area (Å²) in [6, 6.07) is 8.79. The van der Waals surface area contributed by atoms with Gasteiger partial charge in [0.25, 0.3) is 0 Å². The Labute approximate surface area is 126 Å². The van der Waals surface area contributed by atoms with E-state index in [1.165, 1.54) is 20.5 Å². The van der Waals surface area contributed by atoms with Crippen molar-refractivity contribution in [3.05, 3.63) is 34.7 Å². The molecule has 0 aliphatic carbocycles. The van der Waals surface area contributed by atoms with Gasteiger partial charge in [-0.1, -0.05) is 27.7 Å². The van der Waals surface area contributed by atoms with Gasteiger partial charge in [-0.05, 0) is 38.0 Å². The third kappa shape index (κ3) is 3.29. The van der Waals surface area contributed by atoms with Crippen LogP contribution in [0.1, 0.15) is 51.5 Å². The van der Waals surface area contributed by atoms with Crippen LogP contribution < -0.4 is 4.74 Å². The van der Waals surface area contributed by atoms with Gasteiger partial charge in [0, 0.05) is 22.9 Å². The zero-order valence-electron chi connectivity index (χ0n) is 13.4. The summed E-state index contributed by atoms with van der Waals surface area (Å²) in [7, 11) is 0. The quantitative estimate of drug-likeness (QED) is 0.633. The lowest BCUT2D eigenvalue weighted by Crippen LogP contribution is -2.10. The standard InChI is InChI=1S/C18H25OS/c1-7-13(3)19-14-8-9-16-15(11-14)12(2)10-17(20-16)18(4,5)6/h8-11,13H,7H2,1-6H3/q+1. The van der Waals surface area contributed by atoms with Crippen LogP contribution in [0.15, 0.2) is 24.3 Å². The minimum atomic E-state index is 0.204. The predicted octanol–water partition coefficient (Wildman–Crippen LogP) is 5.97. The molecule has 1 atom stereocenters. The van der Waals surface area contributed by atoms with Crippen LogP contribution in [0.2, 0.25) is 0 Å². The monoisotopic (exact) mass is 289 g/mol. The summed E-state index contributed by atoms with van der Waals surface area (Å²) in [5.41, 5.74) is 1.54. The highest BCUT2D eigenvalue weighted by atomic mass is 32.1. The summed E-state index contributed by atoms with van der Waals surface area (Å²) >= 11 is 1.89. The molecule has 0 N–H and O–H groups in total. The molecule has 1 aromatic heterocycles. The molecular formula is C18H25OS+. The average Bonchev–Trinajstić information content (AvgIpc) is 2.38. The summed E-state index contributed by atoms with van der Waals surface area (Å²) in [6.45, 7) is 13.3. The molecule has 0 radical (unpaired) electrons. The minimum Gasteiger partial charge on any atom is -0.491 e. The molecule has 0 fully saturated rings. The summed E-state index contributed by atoms with van der Waals surface area (Å²) in [4.78, 5) is 1.43. The van der Waals surface area contributed by atoms with Crippen LogP contribution in [0.3, 0.4) is 0 Å². The normalized spacial score (nSPS) is 13.5. The fourth-order valence-electron chi connectivity index (χ4n) is 2.09. The van der Waals surface area contributed by atoms with E-state index < -0.39 is 0 Å². The molecule has 0 amide bonds. The van der Waals surface area contributed by atoms with Crippen LogP contribution in [0.5, 0.6) is 5.75 Å². The van der Waals surface area contributed by atoms with E-state index in [1.807, 2.05) is 11.3 Å². The van der Waals surface area contributed by atoms with Crippen LogP contribution >= 0.6 is 11.3 Å². The average molecular weight is 289 g/mol. The van der Waals surface area contributed by atoms with E-state index in [4.69, 9.17) is 4.74 Å². The second-order valence-corrected chi connectivity index (χ2v) is 7.62. The second-order valence-electron chi connectivity index (χ2n) is 6.54. The van der Waals surface area contributed by atoms with E-state index >= 15 is 0 Å². The van der Waals surface area contributed by atoms with Crippen LogP contribution in [0.25, 0.3) is 10.1 Å². The highest BCUT2D eigenvalue weighted by Crippen LogP contribution is 2.35. The van der Waals surface area contributed by atoms with Gasteiger partial charge in [-0.3, -0.25) is 0 Å². The third-order valence-corrected chi connectivity index (χ3v) is 5.12. The Balaban J connectivity index is 2.47. The Morgan fingerprint density at radius 1 is 1.20 bits per heavy atom. The van der Waals surface area contributed by atoms with Crippen molar-refractivity contribution >= 4 is 21.4 Å². The van der Waals surface area contributed by atoms with Crippen molar-refractivity contribution in [3.8, 4) is 5.75 Å². The minimum absolute atomic E-state index is 0.204. The predicted molar refractivity (Wildman–Crippen MR) is 90.1 cm³/mol. The first kappa shape index (κ1) is 15.2. The molecule has 0 aliphatic heterocycles. The van der Waals surface area contributed by atoms with E-state index in [1.54, 1.807) is 0 Å². The van der Waals surface area contributed by atoms with Gasteiger partial charge in [0.1, 0.15) is 5.75 Å². The van der Waals surface area contributed by atoms with Gasteiger partial charge in [-0.15, -0.1) is 0 Å². The van der Waals surface area contributed by atoms with Crippen LogP contribution in [-0.2, 0) is 5.41 Å². The molecule has 20 heavy (non-hydrogen) atoms.